The van der Waals surface area contributed by atoms with Gasteiger partial charge in [0, 0.05) is 18.2 Å². The zero-order valence-electron chi connectivity index (χ0n) is 11.8. The van der Waals surface area contributed by atoms with Crippen molar-refractivity contribution in [2.45, 2.75) is 4.90 Å². The smallest absolute Gasteiger partial charge is 0.343 e. The second kappa shape index (κ2) is 6.88. The van der Waals surface area contributed by atoms with E-state index in [9.17, 15) is 25.0 Å². The van der Waals surface area contributed by atoms with Crippen molar-refractivity contribution in [3.05, 3.63) is 68.3 Å². The van der Waals surface area contributed by atoms with E-state index in [1.165, 1.54) is 48.2 Å². The number of nitrogens with zero attached hydrogens (tertiary/aromatic N) is 2. The molecule has 0 unspecified atom stereocenters. The van der Waals surface area contributed by atoms with Crippen LogP contribution in [0.4, 0.5) is 11.4 Å². The molecule has 0 saturated carbocycles. The van der Waals surface area contributed by atoms with Gasteiger partial charge in [-0.2, -0.15) is 0 Å². The van der Waals surface area contributed by atoms with E-state index in [1.54, 1.807) is 6.26 Å². The molecule has 0 bridgehead atoms. The molecule has 9 heteroatoms. The third-order valence-corrected chi connectivity index (χ3v) is 3.65. The third-order valence-electron chi connectivity index (χ3n) is 2.87. The molecule has 23 heavy (non-hydrogen) atoms. The molecule has 0 aliphatic rings. The van der Waals surface area contributed by atoms with Crippen LogP contribution in [0.1, 0.15) is 10.4 Å². The lowest BCUT2D eigenvalue weighted by Gasteiger charge is -2.05. The van der Waals surface area contributed by atoms with Gasteiger partial charge in [0.25, 0.3) is 11.4 Å². The average Bonchev–Trinajstić information content (AvgIpc) is 2.54. The van der Waals surface area contributed by atoms with Crippen molar-refractivity contribution in [2.75, 3.05) is 6.26 Å². The lowest BCUT2D eigenvalue weighted by molar-refractivity contribution is -0.387. The van der Waals surface area contributed by atoms with Gasteiger partial charge in [0.1, 0.15) is 5.75 Å². The predicted octanol–water partition coefficient (Wildman–Crippen LogP) is 3.44. The van der Waals surface area contributed by atoms with Crippen LogP contribution in [0.15, 0.2) is 47.4 Å². The lowest BCUT2D eigenvalue weighted by atomic mass is 10.2. The minimum absolute atomic E-state index is 0.0212. The van der Waals surface area contributed by atoms with Crippen molar-refractivity contribution in [3.8, 4) is 5.75 Å². The molecule has 0 fully saturated rings. The van der Waals surface area contributed by atoms with Gasteiger partial charge in [0.05, 0.1) is 20.3 Å². The number of rotatable bonds is 5. The number of thioether (sulfide) groups is 1. The number of ether oxygens (including phenoxy) is 1. The van der Waals surface area contributed by atoms with Gasteiger partial charge in [-0.25, -0.2) is 4.79 Å². The van der Waals surface area contributed by atoms with Crippen LogP contribution in [0.25, 0.3) is 0 Å². The molecule has 118 valence electrons. The Hall–Kier alpha value is -2.94. The number of esters is 1. The van der Waals surface area contributed by atoms with Crippen molar-refractivity contribution >= 4 is 29.1 Å². The van der Waals surface area contributed by atoms with Gasteiger partial charge in [-0.05, 0) is 30.5 Å². The van der Waals surface area contributed by atoms with Crippen molar-refractivity contribution < 1.29 is 19.4 Å². The Morgan fingerprint density at radius 3 is 2.22 bits per heavy atom. The van der Waals surface area contributed by atoms with Gasteiger partial charge < -0.3 is 4.74 Å². The number of nitro groups is 2. The maximum Gasteiger partial charge on any atom is 0.343 e. The highest BCUT2D eigenvalue weighted by molar-refractivity contribution is 7.98. The number of hydrogen-bond donors (Lipinski definition) is 0. The highest BCUT2D eigenvalue weighted by Crippen LogP contribution is 2.28. The van der Waals surface area contributed by atoms with Crippen molar-refractivity contribution in [1.82, 2.24) is 0 Å². The number of carbonyl (C=O) groups excluding carboxylic acids is 1. The van der Waals surface area contributed by atoms with Crippen LogP contribution in [0.3, 0.4) is 0 Å². The monoisotopic (exact) mass is 334 g/mol. The summed E-state index contributed by atoms with van der Waals surface area (Å²) in [6.07, 6.45) is 1.69. The predicted molar refractivity (Wildman–Crippen MR) is 82.9 cm³/mol. The maximum absolute atomic E-state index is 12.0. The fourth-order valence-electron chi connectivity index (χ4n) is 1.76. The highest BCUT2D eigenvalue weighted by Gasteiger charge is 2.18. The van der Waals surface area contributed by atoms with E-state index < -0.39 is 15.8 Å². The summed E-state index contributed by atoms with van der Waals surface area (Å²) < 4.78 is 5.05. The first-order valence-corrected chi connectivity index (χ1v) is 7.44. The van der Waals surface area contributed by atoms with Crippen LogP contribution in [0.5, 0.6) is 5.75 Å². The van der Waals surface area contributed by atoms with Gasteiger partial charge in [0.15, 0.2) is 0 Å². The Morgan fingerprint density at radius 2 is 1.70 bits per heavy atom. The van der Waals surface area contributed by atoms with Crippen molar-refractivity contribution in [1.29, 1.82) is 0 Å². The first-order chi connectivity index (χ1) is 10.9. The molecule has 0 aromatic heterocycles. The number of nitro benzene ring substituents is 2. The Morgan fingerprint density at radius 1 is 1.04 bits per heavy atom. The fraction of sp³-hybridized carbons (Fsp3) is 0.0714. The molecule has 0 heterocycles. The lowest BCUT2D eigenvalue weighted by Crippen LogP contribution is -2.09. The van der Waals surface area contributed by atoms with E-state index in [0.717, 1.165) is 6.07 Å². The molecular formula is C14H10N2O6S. The molecule has 0 N–H and O–H groups in total. The molecule has 2 rings (SSSR count). The Balaban J connectivity index is 2.22. The minimum Gasteiger partial charge on any atom is -0.423 e. The number of non-ortho nitro benzene ring substituents is 1. The largest absolute Gasteiger partial charge is 0.423 e. The summed E-state index contributed by atoms with van der Waals surface area (Å²) in [6, 6.07) is 8.98. The topological polar surface area (TPSA) is 113 Å². The molecule has 0 saturated heterocycles. The second-order valence-electron chi connectivity index (χ2n) is 4.28. The Bertz CT molecular complexity index is 775. The summed E-state index contributed by atoms with van der Waals surface area (Å²) in [6.45, 7) is 0. The molecule has 0 amide bonds. The molecular weight excluding hydrogens is 324 g/mol. The van der Waals surface area contributed by atoms with E-state index >= 15 is 0 Å². The zero-order valence-corrected chi connectivity index (χ0v) is 12.6. The quantitative estimate of drug-likeness (QED) is 0.270. The van der Waals surface area contributed by atoms with Crippen molar-refractivity contribution in [3.63, 3.8) is 0 Å². The molecule has 0 atom stereocenters. The van der Waals surface area contributed by atoms with Crippen LogP contribution in [0, 0.1) is 20.2 Å². The first kappa shape index (κ1) is 16.4. The summed E-state index contributed by atoms with van der Waals surface area (Å²) in [5.74, 6) is -0.674. The summed E-state index contributed by atoms with van der Waals surface area (Å²) in [4.78, 5) is 32.8. The van der Waals surface area contributed by atoms with Crippen LogP contribution in [0.2, 0.25) is 0 Å². The standard InChI is InChI=1S/C14H10N2O6S/c1-23-13-7-2-9(8-12(13)16(20)21)14(17)22-11-5-3-10(4-6-11)15(18)19/h2-8H,1H3. The van der Waals surface area contributed by atoms with Crippen LogP contribution >= 0.6 is 11.8 Å². The summed E-state index contributed by atoms with van der Waals surface area (Å²) in [5, 5.41) is 21.5. The SMILES string of the molecule is CSc1ccc(C(=O)Oc2ccc([N+](=O)[O-])cc2)cc1[N+](=O)[O-]. The van der Waals surface area contributed by atoms with E-state index in [0.29, 0.717) is 4.90 Å². The second-order valence-corrected chi connectivity index (χ2v) is 5.13. The molecule has 0 radical (unpaired) electrons. The van der Waals surface area contributed by atoms with E-state index in [1.807, 2.05) is 0 Å². The summed E-state index contributed by atoms with van der Waals surface area (Å²) in [7, 11) is 0. The van der Waals surface area contributed by atoms with E-state index in [2.05, 4.69) is 0 Å². The van der Waals surface area contributed by atoms with Crippen LogP contribution < -0.4 is 4.74 Å². The summed E-state index contributed by atoms with van der Waals surface area (Å²) >= 11 is 1.19. The van der Waals surface area contributed by atoms with Gasteiger partial charge in [-0.3, -0.25) is 20.2 Å². The van der Waals surface area contributed by atoms with Crippen LogP contribution in [-0.2, 0) is 0 Å². The fourth-order valence-corrected chi connectivity index (χ4v) is 2.31. The van der Waals surface area contributed by atoms with Gasteiger partial charge in [-0.1, -0.05) is 0 Å². The van der Waals surface area contributed by atoms with Gasteiger partial charge in [-0.15, -0.1) is 11.8 Å². The molecule has 8 nitrogen and oxygen atoms in total. The molecule has 2 aromatic rings. The molecule has 0 aliphatic carbocycles. The normalized spacial score (nSPS) is 10.1. The molecule has 0 aliphatic heterocycles. The Labute approximate surface area is 134 Å². The maximum atomic E-state index is 12.0. The van der Waals surface area contributed by atoms with Gasteiger partial charge >= 0.3 is 5.97 Å². The molecule has 0 spiro atoms. The first-order valence-electron chi connectivity index (χ1n) is 6.21. The minimum atomic E-state index is -0.783. The number of hydrogen-bond acceptors (Lipinski definition) is 7. The molecule has 2 aromatic carbocycles. The van der Waals surface area contributed by atoms with Gasteiger partial charge in [0.2, 0.25) is 0 Å². The number of benzene rings is 2. The van der Waals surface area contributed by atoms with E-state index in [4.69, 9.17) is 4.74 Å². The Kier molecular flexibility index (Phi) is 4.91. The van der Waals surface area contributed by atoms with E-state index in [-0.39, 0.29) is 22.7 Å². The van der Waals surface area contributed by atoms with Crippen molar-refractivity contribution in [2.24, 2.45) is 0 Å². The zero-order chi connectivity index (χ0) is 17.0. The third kappa shape index (κ3) is 3.83. The summed E-state index contributed by atoms with van der Waals surface area (Å²) in [5.41, 5.74) is -0.298. The van der Waals surface area contributed by atoms with Crippen LogP contribution in [-0.4, -0.2) is 22.1 Å². The number of carbonyl (C=O) groups is 1. The highest BCUT2D eigenvalue weighted by atomic mass is 32.2. The average molecular weight is 334 g/mol.